The largest absolute Gasteiger partial charge is 0.475 e. The number of aromatic carboxylic acids is 1. The van der Waals surface area contributed by atoms with Gasteiger partial charge in [0, 0.05) is 6.07 Å². The first-order valence-corrected chi connectivity index (χ1v) is 6.22. The average molecular weight is 282 g/mol. The van der Waals surface area contributed by atoms with Crippen LogP contribution in [0.3, 0.4) is 0 Å². The van der Waals surface area contributed by atoms with Crippen molar-refractivity contribution in [2.75, 3.05) is 11.1 Å². The molecule has 100 valence electrons. The number of rotatable bonds is 5. The summed E-state index contributed by atoms with van der Waals surface area (Å²) < 4.78 is 9.83. The third-order valence-electron chi connectivity index (χ3n) is 2.03. The smallest absolute Gasteiger partial charge is 0.371 e. The second-order valence-corrected chi connectivity index (χ2v) is 4.57. The molecule has 2 heterocycles. The van der Waals surface area contributed by atoms with Gasteiger partial charge in [0.25, 0.3) is 0 Å². The zero-order valence-corrected chi connectivity index (χ0v) is 10.7. The van der Waals surface area contributed by atoms with Crippen LogP contribution in [0.25, 0.3) is 0 Å². The quantitative estimate of drug-likeness (QED) is 0.808. The van der Waals surface area contributed by atoms with Crippen LogP contribution in [0.1, 0.15) is 16.2 Å². The number of aryl methyl sites for hydroxylation is 1. The van der Waals surface area contributed by atoms with Gasteiger partial charge in [0.1, 0.15) is 0 Å². The minimum atomic E-state index is -1.14. The van der Waals surface area contributed by atoms with E-state index in [0.717, 1.165) is 11.8 Å². The average Bonchev–Trinajstić information content (AvgIpc) is 2.96. The number of anilines is 1. The van der Waals surface area contributed by atoms with Crippen LogP contribution in [0.4, 0.5) is 5.88 Å². The Morgan fingerprint density at radius 3 is 2.84 bits per heavy atom. The van der Waals surface area contributed by atoms with Crippen molar-refractivity contribution < 1.29 is 23.6 Å². The SMILES string of the molecule is Cc1cc(NC(=O)CSc2ccc(C(=O)O)o2)on1. The molecular formula is C11H10N2O5S. The number of carbonyl (C=O) groups is 2. The lowest BCUT2D eigenvalue weighted by Crippen LogP contribution is -2.13. The Morgan fingerprint density at radius 1 is 1.47 bits per heavy atom. The Balaban J connectivity index is 1.84. The molecule has 0 saturated carbocycles. The lowest BCUT2D eigenvalue weighted by atomic mass is 10.5. The molecule has 2 N–H and O–H groups in total. The van der Waals surface area contributed by atoms with E-state index in [2.05, 4.69) is 10.5 Å². The molecule has 0 fully saturated rings. The highest BCUT2D eigenvalue weighted by molar-refractivity contribution is 7.99. The van der Waals surface area contributed by atoms with E-state index in [0.29, 0.717) is 10.8 Å². The number of aromatic nitrogens is 1. The van der Waals surface area contributed by atoms with Crippen molar-refractivity contribution in [3.63, 3.8) is 0 Å². The van der Waals surface area contributed by atoms with Gasteiger partial charge in [-0.25, -0.2) is 4.79 Å². The van der Waals surface area contributed by atoms with E-state index in [1.54, 1.807) is 13.0 Å². The number of amides is 1. The number of carbonyl (C=O) groups excluding carboxylic acids is 1. The highest BCUT2D eigenvalue weighted by Crippen LogP contribution is 2.21. The summed E-state index contributed by atoms with van der Waals surface area (Å²) in [5.41, 5.74) is 0.667. The number of thioether (sulfide) groups is 1. The molecule has 0 bridgehead atoms. The first kappa shape index (κ1) is 13.2. The summed E-state index contributed by atoms with van der Waals surface area (Å²) in [5.74, 6) is -1.25. The second kappa shape index (κ2) is 5.61. The molecule has 2 aromatic heterocycles. The molecule has 0 aromatic carbocycles. The summed E-state index contributed by atoms with van der Waals surface area (Å²) >= 11 is 1.09. The van der Waals surface area contributed by atoms with Crippen LogP contribution in [0.5, 0.6) is 0 Å². The highest BCUT2D eigenvalue weighted by atomic mass is 32.2. The Hall–Kier alpha value is -2.22. The number of nitrogens with zero attached hydrogens (tertiary/aromatic N) is 1. The van der Waals surface area contributed by atoms with Crippen molar-refractivity contribution in [2.24, 2.45) is 0 Å². The molecule has 0 saturated heterocycles. The minimum absolute atomic E-state index is 0.0757. The molecule has 0 aliphatic rings. The van der Waals surface area contributed by atoms with Crippen molar-refractivity contribution in [3.8, 4) is 0 Å². The molecule has 0 spiro atoms. The molecule has 0 aliphatic carbocycles. The van der Waals surface area contributed by atoms with Gasteiger partial charge in [0.2, 0.25) is 17.6 Å². The Kier molecular flexibility index (Phi) is 3.91. The molecular weight excluding hydrogens is 272 g/mol. The fraction of sp³-hybridized carbons (Fsp3) is 0.182. The lowest BCUT2D eigenvalue weighted by molar-refractivity contribution is -0.113. The van der Waals surface area contributed by atoms with Crippen LogP contribution in [-0.4, -0.2) is 27.9 Å². The van der Waals surface area contributed by atoms with E-state index < -0.39 is 5.97 Å². The molecule has 0 unspecified atom stereocenters. The van der Waals surface area contributed by atoms with Crippen molar-refractivity contribution >= 4 is 29.5 Å². The monoisotopic (exact) mass is 282 g/mol. The second-order valence-electron chi connectivity index (χ2n) is 3.59. The molecule has 8 heteroatoms. The maximum absolute atomic E-state index is 11.6. The van der Waals surface area contributed by atoms with Crippen molar-refractivity contribution in [1.29, 1.82) is 0 Å². The zero-order chi connectivity index (χ0) is 13.8. The van der Waals surface area contributed by atoms with Gasteiger partial charge in [-0.3, -0.25) is 10.1 Å². The Morgan fingerprint density at radius 2 is 2.26 bits per heavy atom. The fourth-order valence-electron chi connectivity index (χ4n) is 1.25. The van der Waals surface area contributed by atoms with Crippen molar-refractivity contribution in [3.05, 3.63) is 29.7 Å². The molecule has 0 radical (unpaired) electrons. The van der Waals surface area contributed by atoms with Gasteiger partial charge < -0.3 is 14.0 Å². The van der Waals surface area contributed by atoms with E-state index in [4.69, 9.17) is 14.0 Å². The van der Waals surface area contributed by atoms with Crippen molar-refractivity contribution in [2.45, 2.75) is 12.0 Å². The van der Waals surface area contributed by atoms with E-state index >= 15 is 0 Å². The van der Waals surface area contributed by atoms with Crippen LogP contribution in [0, 0.1) is 6.92 Å². The molecule has 2 aromatic rings. The number of hydrogen-bond acceptors (Lipinski definition) is 6. The summed E-state index contributed by atoms with van der Waals surface area (Å²) in [6.45, 7) is 1.74. The summed E-state index contributed by atoms with van der Waals surface area (Å²) in [6.07, 6.45) is 0. The van der Waals surface area contributed by atoms with Gasteiger partial charge >= 0.3 is 5.97 Å². The number of furan rings is 1. The predicted molar refractivity (Wildman–Crippen MR) is 66.3 cm³/mol. The van der Waals surface area contributed by atoms with Gasteiger partial charge in [-0.1, -0.05) is 16.9 Å². The summed E-state index contributed by atoms with van der Waals surface area (Å²) in [4.78, 5) is 22.2. The first-order valence-electron chi connectivity index (χ1n) is 5.23. The van der Waals surface area contributed by atoms with Crippen LogP contribution >= 0.6 is 11.8 Å². The Labute approximate surface area is 111 Å². The van der Waals surface area contributed by atoms with Crippen LogP contribution in [0.15, 0.2) is 32.2 Å². The number of carboxylic acids is 1. The van der Waals surface area contributed by atoms with E-state index in [9.17, 15) is 9.59 Å². The summed E-state index contributed by atoms with van der Waals surface area (Å²) in [5, 5.41) is 15.2. The van der Waals surface area contributed by atoms with Gasteiger partial charge in [0.15, 0.2) is 5.09 Å². The standard InChI is InChI=1S/C11H10N2O5S/c1-6-4-9(18-13-6)12-8(14)5-19-10-3-2-7(17-10)11(15)16/h2-4H,5H2,1H3,(H,12,14)(H,15,16). The van der Waals surface area contributed by atoms with Crippen molar-refractivity contribution in [1.82, 2.24) is 5.16 Å². The van der Waals surface area contributed by atoms with Gasteiger partial charge in [-0.15, -0.1) is 0 Å². The van der Waals surface area contributed by atoms with Gasteiger partial charge in [-0.2, -0.15) is 0 Å². The van der Waals surface area contributed by atoms with Crippen LogP contribution < -0.4 is 5.32 Å². The van der Waals surface area contributed by atoms with E-state index in [1.165, 1.54) is 12.1 Å². The molecule has 7 nitrogen and oxygen atoms in total. The van der Waals surface area contributed by atoms with Crippen LogP contribution in [-0.2, 0) is 4.79 Å². The predicted octanol–water partition coefficient (Wildman–Crippen LogP) is 2.01. The molecule has 19 heavy (non-hydrogen) atoms. The minimum Gasteiger partial charge on any atom is -0.475 e. The normalized spacial score (nSPS) is 10.4. The lowest BCUT2D eigenvalue weighted by Gasteiger charge is -1.98. The molecule has 0 atom stereocenters. The summed E-state index contributed by atoms with van der Waals surface area (Å²) in [7, 11) is 0. The van der Waals surface area contributed by atoms with Crippen LogP contribution in [0.2, 0.25) is 0 Å². The van der Waals surface area contributed by atoms with E-state index in [1.807, 2.05) is 0 Å². The van der Waals surface area contributed by atoms with E-state index in [-0.39, 0.29) is 23.3 Å². The summed E-state index contributed by atoms with van der Waals surface area (Å²) in [6, 6.07) is 4.43. The van der Waals surface area contributed by atoms with Gasteiger partial charge in [-0.05, 0) is 19.1 Å². The zero-order valence-electron chi connectivity index (χ0n) is 9.87. The number of carboxylic acid groups (broad SMARTS) is 1. The third kappa shape index (κ3) is 3.62. The van der Waals surface area contributed by atoms with Gasteiger partial charge in [0.05, 0.1) is 11.4 Å². The Bertz CT molecular complexity index is 604. The fourth-order valence-corrected chi connectivity index (χ4v) is 1.90. The third-order valence-corrected chi connectivity index (χ3v) is 2.94. The maximum Gasteiger partial charge on any atom is 0.371 e. The first-order chi connectivity index (χ1) is 9.04. The highest BCUT2D eigenvalue weighted by Gasteiger charge is 2.12. The number of hydrogen-bond donors (Lipinski definition) is 2. The number of nitrogens with one attached hydrogen (secondary N) is 1. The maximum atomic E-state index is 11.6. The topological polar surface area (TPSA) is 106 Å². The molecule has 2 rings (SSSR count). The molecule has 1 amide bonds. The molecule has 0 aliphatic heterocycles.